The van der Waals surface area contributed by atoms with Gasteiger partial charge >= 0.3 is 0 Å². The molecule has 3 heteroatoms. The molecule has 0 aliphatic heterocycles. The first-order valence-corrected chi connectivity index (χ1v) is 5.86. The SMILES string of the molecule is CC(O)C(C)(C)NCCc1cccs1. The van der Waals surface area contributed by atoms with Crippen LogP contribution < -0.4 is 5.32 Å². The molecule has 0 radical (unpaired) electrons. The highest BCUT2D eigenvalue weighted by molar-refractivity contribution is 7.09. The Morgan fingerprint density at radius 3 is 2.79 bits per heavy atom. The average Bonchev–Trinajstić information content (AvgIpc) is 2.56. The zero-order valence-corrected chi connectivity index (χ0v) is 9.90. The van der Waals surface area contributed by atoms with Gasteiger partial charge in [-0.2, -0.15) is 0 Å². The fourth-order valence-corrected chi connectivity index (χ4v) is 1.82. The van der Waals surface area contributed by atoms with E-state index < -0.39 is 0 Å². The molecule has 0 bridgehead atoms. The standard InChI is InChI=1S/C11H19NOS/c1-9(13)11(2,3)12-7-6-10-5-4-8-14-10/h4-5,8-9,12-13H,6-7H2,1-3H3. The van der Waals surface area contributed by atoms with Gasteiger partial charge in [0, 0.05) is 17.0 Å². The Balaban J connectivity index is 2.28. The summed E-state index contributed by atoms with van der Waals surface area (Å²) in [7, 11) is 0. The summed E-state index contributed by atoms with van der Waals surface area (Å²) in [6.07, 6.45) is 0.708. The second-order valence-corrected chi connectivity index (χ2v) is 5.19. The Morgan fingerprint density at radius 1 is 1.57 bits per heavy atom. The van der Waals surface area contributed by atoms with E-state index in [4.69, 9.17) is 0 Å². The Kier molecular flexibility index (Phi) is 4.11. The van der Waals surface area contributed by atoms with Crippen LogP contribution in [0.15, 0.2) is 17.5 Å². The molecule has 0 aliphatic carbocycles. The van der Waals surface area contributed by atoms with Crippen molar-refractivity contribution in [3.8, 4) is 0 Å². The van der Waals surface area contributed by atoms with Gasteiger partial charge in [0.2, 0.25) is 0 Å². The van der Waals surface area contributed by atoms with E-state index in [0.717, 1.165) is 13.0 Å². The topological polar surface area (TPSA) is 32.3 Å². The van der Waals surface area contributed by atoms with Gasteiger partial charge in [0.1, 0.15) is 0 Å². The second-order valence-electron chi connectivity index (χ2n) is 4.15. The van der Waals surface area contributed by atoms with E-state index in [2.05, 4.69) is 22.8 Å². The van der Waals surface area contributed by atoms with E-state index in [0.29, 0.717) is 0 Å². The molecule has 2 nitrogen and oxygen atoms in total. The molecule has 0 spiro atoms. The Morgan fingerprint density at radius 2 is 2.29 bits per heavy atom. The zero-order valence-electron chi connectivity index (χ0n) is 9.08. The van der Waals surface area contributed by atoms with Crippen LogP contribution in [0.25, 0.3) is 0 Å². The molecule has 80 valence electrons. The Bertz CT molecular complexity index is 254. The summed E-state index contributed by atoms with van der Waals surface area (Å²) in [6.45, 7) is 6.77. The maximum Gasteiger partial charge on any atom is 0.0688 e. The number of aliphatic hydroxyl groups excluding tert-OH is 1. The highest BCUT2D eigenvalue weighted by atomic mass is 32.1. The molecule has 0 amide bonds. The lowest BCUT2D eigenvalue weighted by atomic mass is 9.99. The molecule has 0 saturated heterocycles. The lowest BCUT2D eigenvalue weighted by Crippen LogP contribution is -2.48. The number of hydrogen-bond acceptors (Lipinski definition) is 3. The smallest absolute Gasteiger partial charge is 0.0688 e. The summed E-state index contributed by atoms with van der Waals surface area (Å²) in [5.74, 6) is 0. The predicted molar refractivity (Wildman–Crippen MR) is 61.8 cm³/mol. The van der Waals surface area contributed by atoms with Crippen LogP contribution in [0.1, 0.15) is 25.6 Å². The van der Waals surface area contributed by atoms with E-state index in [9.17, 15) is 5.11 Å². The summed E-state index contributed by atoms with van der Waals surface area (Å²) in [5.41, 5.74) is -0.197. The fourth-order valence-electron chi connectivity index (χ4n) is 1.11. The third-order valence-corrected chi connectivity index (χ3v) is 3.51. The molecule has 14 heavy (non-hydrogen) atoms. The molecule has 1 aromatic rings. The maximum absolute atomic E-state index is 9.48. The third-order valence-electron chi connectivity index (χ3n) is 2.58. The van der Waals surface area contributed by atoms with E-state index in [1.54, 1.807) is 11.3 Å². The Labute approximate surface area is 90.0 Å². The molecule has 1 unspecified atom stereocenters. The minimum Gasteiger partial charge on any atom is -0.392 e. The minimum absolute atomic E-state index is 0.197. The van der Waals surface area contributed by atoms with Crippen molar-refractivity contribution in [3.05, 3.63) is 22.4 Å². The molecule has 0 saturated carbocycles. The molecule has 0 aromatic carbocycles. The van der Waals surface area contributed by atoms with E-state index >= 15 is 0 Å². The van der Waals surface area contributed by atoms with Crippen molar-refractivity contribution in [2.24, 2.45) is 0 Å². The van der Waals surface area contributed by atoms with Gasteiger partial charge in [-0.15, -0.1) is 11.3 Å². The molecule has 0 fully saturated rings. The van der Waals surface area contributed by atoms with Crippen LogP contribution in [0.4, 0.5) is 0 Å². The van der Waals surface area contributed by atoms with Crippen LogP contribution in [0.2, 0.25) is 0 Å². The van der Waals surface area contributed by atoms with Gasteiger partial charge in [-0.25, -0.2) is 0 Å². The number of thiophene rings is 1. The summed E-state index contributed by atoms with van der Waals surface area (Å²) in [4.78, 5) is 1.39. The average molecular weight is 213 g/mol. The van der Waals surface area contributed by atoms with Gasteiger partial charge in [0.15, 0.2) is 0 Å². The van der Waals surface area contributed by atoms with Crippen LogP contribution in [-0.4, -0.2) is 23.3 Å². The van der Waals surface area contributed by atoms with Crippen LogP contribution >= 0.6 is 11.3 Å². The second kappa shape index (κ2) is 4.91. The van der Waals surface area contributed by atoms with Crippen molar-refractivity contribution >= 4 is 11.3 Å². The van der Waals surface area contributed by atoms with Gasteiger partial charge in [0.25, 0.3) is 0 Å². The van der Waals surface area contributed by atoms with Crippen LogP contribution in [0, 0.1) is 0 Å². The molecular formula is C11H19NOS. The first-order valence-electron chi connectivity index (χ1n) is 4.98. The summed E-state index contributed by atoms with van der Waals surface area (Å²) in [5, 5.41) is 14.9. The van der Waals surface area contributed by atoms with E-state index in [1.165, 1.54) is 4.88 Å². The van der Waals surface area contributed by atoms with Crippen molar-refractivity contribution in [2.75, 3.05) is 6.54 Å². The number of nitrogens with one attached hydrogen (secondary N) is 1. The minimum atomic E-state index is -0.328. The van der Waals surface area contributed by atoms with Crippen molar-refractivity contribution in [1.82, 2.24) is 5.32 Å². The highest BCUT2D eigenvalue weighted by Crippen LogP contribution is 2.11. The van der Waals surface area contributed by atoms with E-state index in [-0.39, 0.29) is 11.6 Å². The van der Waals surface area contributed by atoms with Crippen molar-refractivity contribution in [1.29, 1.82) is 0 Å². The quantitative estimate of drug-likeness (QED) is 0.784. The predicted octanol–water partition coefficient (Wildman–Crippen LogP) is 2.04. The van der Waals surface area contributed by atoms with Crippen molar-refractivity contribution in [3.63, 3.8) is 0 Å². The largest absolute Gasteiger partial charge is 0.392 e. The number of aliphatic hydroxyl groups is 1. The molecule has 2 N–H and O–H groups in total. The molecule has 0 aliphatic rings. The first-order chi connectivity index (χ1) is 6.52. The molecule has 1 rings (SSSR count). The first kappa shape index (κ1) is 11.7. The van der Waals surface area contributed by atoms with Crippen LogP contribution in [0.3, 0.4) is 0 Å². The highest BCUT2D eigenvalue weighted by Gasteiger charge is 2.22. The number of hydrogen-bond donors (Lipinski definition) is 2. The van der Waals surface area contributed by atoms with Gasteiger partial charge in [-0.3, -0.25) is 0 Å². The van der Waals surface area contributed by atoms with Crippen LogP contribution in [0.5, 0.6) is 0 Å². The molecular weight excluding hydrogens is 194 g/mol. The van der Waals surface area contributed by atoms with Gasteiger partial charge in [0.05, 0.1) is 6.10 Å². The van der Waals surface area contributed by atoms with E-state index in [1.807, 2.05) is 20.8 Å². The lowest BCUT2D eigenvalue weighted by molar-refractivity contribution is 0.0973. The monoisotopic (exact) mass is 213 g/mol. The third kappa shape index (κ3) is 3.40. The molecule has 1 atom stereocenters. The summed E-state index contributed by atoms with van der Waals surface area (Å²) in [6, 6.07) is 4.21. The molecule has 1 aromatic heterocycles. The normalized spacial score (nSPS) is 14.3. The maximum atomic E-state index is 9.48. The summed E-state index contributed by atoms with van der Waals surface area (Å²) < 4.78 is 0. The summed E-state index contributed by atoms with van der Waals surface area (Å²) >= 11 is 1.78. The van der Waals surface area contributed by atoms with Gasteiger partial charge < -0.3 is 10.4 Å². The fraction of sp³-hybridized carbons (Fsp3) is 0.636. The van der Waals surface area contributed by atoms with Crippen molar-refractivity contribution < 1.29 is 5.11 Å². The zero-order chi connectivity index (χ0) is 10.6. The van der Waals surface area contributed by atoms with Gasteiger partial charge in [-0.1, -0.05) is 6.07 Å². The Hall–Kier alpha value is -0.380. The van der Waals surface area contributed by atoms with Gasteiger partial charge in [-0.05, 0) is 38.6 Å². The molecule has 1 heterocycles. The lowest BCUT2D eigenvalue weighted by Gasteiger charge is -2.29. The van der Waals surface area contributed by atoms with Crippen molar-refractivity contribution in [2.45, 2.75) is 38.8 Å². The number of rotatable bonds is 5. The van der Waals surface area contributed by atoms with Crippen LogP contribution in [-0.2, 0) is 6.42 Å².